The summed E-state index contributed by atoms with van der Waals surface area (Å²) >= 11 is 0. The van der Waals surface area contributed by atoms with Gasteiger partial charge in [-0.1, -0.05) is 24.3 Å². The van der Waals surface area contributed by atoms with E-state index in [0.29, 0.717) is 13.4 Å². The molecule has 1 N–H and O–H groups in total. The van der Waals surface area contributed by atoms with Crippen LogP contribution in [-0.4, -0.2) is 13.4 Å². The standard InChI is InChI=1S/C17H17NO3/c1-11(12-6-7-16-17(8-12)21-10-20-16)18-14-9-19-15-5-3-2-4-13(14)15/h2-8,11,14,18H,9-10H2,1H3. The SMILES string of the molecule is CC(NC1COc2ccccc21)c1ccc2c(c1)OCO2. The van der Waals surface area contributed by atoms with Gasteiger partial charge in [-0.2, -0.15) is 0 Å². The van der Waals surface area contributed by atoms with Crippen LogP contribution in [0, 0.1) is 0 Å². The molecule has 2 aliphatic rings. The molecule has 2 aliphatic heterocycles. The Morgan fingerprint density at radius 1 is 1.00 bits per heavy atom. The molecular formula is C17H17NO3. The van der Waals surface area contributed by atoms with E-state index in [1.54, 1.807) is 0 Å². The summed E-state index contributed by atoms with van der Waals surface area (Å²) in [7, 11) is 0. The van der Waals surface area contributed by atoms with Gasteiger partial charge in [-0.15, -0.1) is 0 Å². The first-order valence-electron chi connectivity index (χ1n) is 7.18. The number of fused-ring (bicyclic) bond motifs is 2. The molecule has 21 heavy (non-hydrogen) atoms. The second-order valence-corrected chi connectivity index (χ2v) is 5.40. The zero-order valence-corrected chi connectivity index (χ0v) is 11.8. The Kier molecular flexibility index (Phi) is 2.97. The predicted octanol–water partition coefficient (Wildman–Crippen LogP) is 3.20. The van der Waals surface area contributed by atoms with Crippen LogP contribution in [0.15, 0.2) is 42.5 Å². The lowest BCUT2D eigenvalue weighted by atomic mass is 10.0. The molecule has 2 unspecified atom stereocenters. The normalized spacial score (nSPS) is 20.0. The van der Waals surface area contributed by atoms with E-state index in [9.17, 15) is 0 Å². The average molecular weight is 283 g/mol. The van der Waals surface area contributed by atoms with E-state index in [-0.39, 0.29) is 12.1 Å². The number of ether oxygens (including phenoxy) is 3. The van der Waals surface area contributed by atoms with Gasteiger partial charge >= 0.3 is 0 Å². The van der Waals surface area contributed by atoms with Crippen LogP contribution in [0.25, 0.3) is 0 Å². The van der Waals surface area contributed by atoms with Crippen molar-refractivity contribution in [2.75, 3.05) is 13.4 Å². The first kappa shape index (κ1) is 12.5. The van der Waals surface area contributed by atoms with Gasteiger partial charge in [-0.25, -0.2) is 0 Å². The molecule has 0 saturated heterocycles. The lowest BCUT2D eigenvalue weighted by Crippen LogP contribution is -2.25. The topological polar surface area (TPSA) is 39.7 Å². The van der Waals surface area contributed by atoms with E-state index in [0.717, 1.165) is 17.2 Å². The van der Waals surface area contributed by atoms with Crippen molar-refractivity contribution in [3.05, 3.63) is 53.6 Å². The fourth-order valence-corrected chi connectivity index (χ4v) is 2.88. The molecule has 2 aromatic carbocycles. The smallest absolute Gasteiger partial charge is 0.231 e. The summed E-state index contributed by atoms with van der Waals surface area (Å²) in [6, 6.07) is 14.7. The van der Waals surface area contributed by atoms with Crippen molar-refractivity contribution in [2.24, 2.45) is 0 Å². The number of hydrogen-bond donors (Lipinski definition) is 1. The Labute approximate surface area is 123 Å². The molecule has 2 heterocycles. The highest BCUT2D eigenvalue weighted by atomic mass is 16.7. The molecule has 0 aliphatic carbocycles. The maximum atomic E-state index is 5.71. The van der Waals surface area contributed by atoms with Crippen LogP contribution in [0.1, 0.15) is 30.1 Å². The first-order chi connectivity index (χ1) is 10.3. The van der Waals surface area contributed by atoms with Gasteiger partial charge in [0.15, 0.2) is 11.5 Å². The highest BCUT2D eigenvalue weighted by molar-refractivity contribution is 5.45. The zero-order chi connectivity index (χ0) is 14.2. The monoisotopic (exact) mass is 283 g/mol. The van der Waals surface area contributed by atoms with E-state index in [1.165, 1.54) is 11.1 Å². The lowest BCUT2D eigenvalue weighted by Gasteiger charge is -2.19. The third-order valence-corrected chi connectivity index (χ3v) is 4.05. The molecule has 0 radical (unpaired) electrons. The van der Waals surface area contributed by atoms with Gasteiger partial charge < -0.3 is 19.5 Å². The van der Waals surface area contributed by atoms with Crippen molar-refractivity contribution in [1.82, 2.24) is 5.32 Å². The van der Waals surface area contributed by atoms with E-state index in [4.69, 9.17) is 14.2 Å². The molecule has 4 heteroatoms. The quantitative estimate of drug-likeness (QED) is 0.939. The molecule has 0 aromatic heterocycles. The maximum Gasteiger partial charge on any atom is 0.231 e. The van der Waals surface area contributed by atoms with Gasteiger partial charge in [-0.3, -0.25) is 0 Å². The average Bonchev–Trinajstić information content (AvgIpc) is 3.13. The minimum Gasteiger partial charge on any atom is -0.491 e. The van der Waals surface area contributed by atoms with Gasteiger partial charge in [0.2, 0.25) is 6.79 Å². The summed E-state index contributed by atoms with van der Waals surface area (Å²) in [5.74, 6) is 2.62. The number of hydrogen-bond acceptors (Lipinski definition) is 4. The molecule has 0 fully saturated rings. The van der Waals surface area contributed by atoms with Crippen LogP contribution in [0.2, 0.25) is 0 Å². The van der Waals surface area contributed by atoms with E-state index < -0.39 is 0 Å². The van der Waals surface area contributed by atoms with Gasteiger partial charge in [-0.05, 0) is 30.7 Å². The van der Waals surface area contributed by atoms with Crippen LogP contribution in [0.5, 0.6) is 17.2 Å². The van der Waals surface area contributed by atoms with Crippen molar-refractivity contribution in [3.63, 3.8) is 0 Å². The fraction of sp³-hybridized carbons (Fsp3) is 0.294. The van der Waals surface area contributed by atoms with Crippen molar-refractivity contribution in [2.45, 2.75) is 19.0 Å². The Balaban J connectivity index is 1.53. The van der Waals surface area contributed by atoms with Crippen LogP contribution in [-0.2, 0) is 0 Å². The summed E-state index contributed by atoms with van der Waals surface area (Å²) in [5.41, 5.74) is 2.41. The molecule has 4 rings (SSSR count). The number of benzene rings is 2. The van der Waals surface area contributed by atoms with Crippen molar-refractivity contribution < 1.29 is 14.2 Å². The minimum atomic E-state index is 0.208. The molecule has 108 valence electrons. The summed E-state index contributed by atoms with van der Waals surface area (Å²) in [6.45, 7) is 3.14. The van der Waals surface area contributed by atoms with Gasteiger partial charge in [0, 0.05) is 11.6 Å². The number of rotatable bonds is 3. The van der Waals surface area contributed by atoms with Crippen LogP contribution < -0.4 is 19.5 Å². The van der Waals surface area contributed by atoms with E-state index in [1.807, 2.05) is 30.3 Å². The van der Waals surface area contributed by atoms with Crippen LogP contribution in [0.4, 0.5) is 0 Å². The van der Waals surface area contributed by atoms with Crippen molar-refractivity contribution in [3.8, 4) is 17.2 Å². The van der Waals surface area contributed by atoms with Gasteiger partial charge in [0.25, 0.3) is 0 Å². The highest BCUT2D eigenvalue weighted by Crippen LogP contribution is 2.36. The molecule has 4 nitrogen and oxygen atoms in total. The molecular weight excluding hydrogens is 266 g/mol. The second-order valence-electron chi connectivity index (χ2n) is 5.40. The molecule has 0 saturated carbocycles. The minimum absolute atomic E-state index is 0.208. The third-order valence-electron chi connectivity index (χ3n) is 4.05. The fourth-order valence-electron chi connectivity index (χ4n) is 2.88. The predicted molar refractivity (Wildman–Crippen MR) is 78.8 cm³/mol. The lowest BCUT2D eigenvalue weighted by molar-refractivity contribution is 0.174. The summed E-state index contributed by atoms with van der Waals surface area (Å²) in [4.78, 5) is 0. The van der Waals surface area contributed by atoms with E-state index >= 15 is 0 Å². The molecule has 0 amide bonds. The highest BCUT2D eigenvalue weighted by Gasteiger charge is 2.25. The third kappa shape index (κ3) is 2.21. The van der Waals surface area contributed by atoms with Crippen LogP contribution >= 0.6 is 0 Å². The zero-order valence-electron chi connectivity index (χ0n) is 11.8. The molecule has 2 aromatic rings. The summed E-state index contributed by atoms with van der Waals surface area (Å²) in [5, 5.41) is 3.62. The maximum absolute atomic E-state index is 5.71. The van der Waals surface area contributed by atoms with Crippen LogP contribution in [0.3, 0.4) is 0 Å². The van der Waals surface area contributed by atoms with E-state index in [2.05, 4.69) is 24.4 Å². The Hall–Kier alpha value is -2.20. The largest absolute Gasteiger partial charge is 0.491 e. The Morgan fingerprint density at radius 3 is 2.81 bits per heavy atom. The van der Waals surface area contributed by atoms with Crippen molar-refractivity contribution >= 4 is 0 Å². The van der Waals surface area contributed by atoms with Gasteiger partial charge in [0.1, 0.15) is 12.4 Å². The first-order valence-corrected chi connectivity index (χ1v) is 7.18. The second kappa shape index (κ2) is 4.97. The molecule has 0 bridgehead atoms. The molecule has 0 spiro atoms. The molecule has 2 atom stereocenters. The van der Waals surface area contributed by atoms with Crippen molar-refractivity contribution in [1.29, 1.82) is 0 Å². The Bertz CT molecular complexity index is 671. The number of para-hydroxylation sites is 1. The summed E-state index contributed by atoms with van der Waals surface area (Å²) < 4.78 is 16.5. The van der Waals surface area contributed by atoms with Gasteiger partial charge in [0.05, 0.1) is 6.04 Å². The Morgan fingerprint density at radius 2 is 1.86 bits per heavy atom. The summed E-state index contributed by atoms with van der Waals surface area (Å²) in [6.07, 6.45) is 0. The number of nitrogens with one attached hydrogen (secondary N) is 1.